The summed E-state index contributed by atoms with van der Waals surface area (Å²) in [5.41, 5.74) is 4.84. The molecule has 0 saturated carbocycles. The number of nitrogens with zero attached hydrogens (tertiary/aromatic N) is 1. The molecule has 1 amide bonds. The number of nitrogens with two attached hydrogens (primary N) is 1. The van der Waals surface area contributed by atoms with Gasteiger partial charge < -0.3 is 11.1 Å². The Morgan fingerprint density at radius 2 is 2.05 bits per heavy atom. The van der Waals surface area contributed by atoms with Crippen LogP contribution in [-0.2, 0) is 12.7 Å². The van der Waals surface area contributed by atoms with E-state index in [2.05, 4.69) is 32.9 Å². The summed E-state index contributed by atoms with van der Waals surface area (Å²) >= 11 is 2.61. The fourth-order valence-corrected chi connectivity index (χ4v) is 2.93. The van der Waals surface area contributed by atoms with Gasteiger partial charge in [0.2, 0.25) is 0 Å². The van der Waals surface area contributed by atoms with Crippen LogP contribution in [0, 0.1) is 3.57 Å². The van der Waals surface area contributed by atoms with Crippen LogP contribution in [0.1, 0.15) is 20.9 Å². The monoisotopic (exact) mass is 427 g/mol. The van der Waals surface area contributed by atoms with Gasteiger partial charge >= 0.3 is 6.18 Å². The van der Waals surface area contributed by atoms with E-state index in [-0.39, 0.29) is 11.7 Å². The molecule has 0 fully saturated rings. The molecule has 1 aromatic carbocycles. The zero-order chi connectivity index (χ0) is 15.6. The van der Waals surface area contributed by atoms with Crippen molar-refractivity contribution in [2.24, 2.45) is 0 Å². The Hall–Kier alpha value is -1.36. The molecule has 1 aromatic heterocycles. The second-order valence-electron chi connectivity index (χ2n) is 4.00. The van der Waals surface area contributed by atoms with Gasteiger partial charge in [-0.15, -0.1) is 0 Å². The van der Waals surface area contributed by atoms with Crippen LogP contribution in [0.4, 0.5) is 18.3 Å². The van der Waals surface area contributed by atoms with Crippen molar-refractivity contribution in [3.8, 4) is 0 Å². The number of aromatic nitrogens is 1. The second-order valence-corrected chi connectivity index (χ2v) is 6.19. The highest BCUT2D eigenvalue weighted by molar-refractivity contribution is 14.1. The predicted molar refractivity (Wildman–Crippen MR) is 81.9 cm³/mol. The van der Waals surface area contributed by atoms with Gasteiger partial charge in [0.25, 0.3) is 5.91 Å². The van der Waals surface area contributed by atoms with Gasteiger partial charge in [-0.25, -0.2) is 4.98 Å². The molecular weight excluding hydrogens is 418 g/mol. The molecular formula is C12H9F3IN3OS. The topological polar surface area (TPSA) is 68.0 Å². The van der Waals surface area contributed by atoms with E-state index < -0.39 is 22.7 Å². The molecule has 3 N–H and O–H groups in total. The van der Waals surface area contributed by atoms with E-state index in [0.717, 1.165) is 9.13 Å². The number of hydrogen-bond acceptors (Lipinski definition) is 4. The average Bonchev–Trinajstić information content (AvgIpc) is 2.80. The summed E-state index contributed by atoms with van der Waals surface area (Å²) in [6.45, 7) is 0.132. The van der Waals surface area contributed by atoms with Crippen molar-refractivity contribution < 1.29 is 18.0 Å². The van der Waals surface area contributed by atoms with E-state index in [1.807, 2.05) is 12.1 Å². The van der Waals surface area contributed by atoms with Crippen LogP contribution in [0.2, 0.25) is 0 Å². The van der Waals surface area contributed by atoms with Gasteiger partial charge in [0, 0.05) is 10.1 Å². The summed E-state index contributed by atoms with van der Waals surface area (Å²) in [6, 6.07) is 7.25. The van der Waals surface area contributed by atoms with Gasteiger partial charge in [0.15, 0.2) is 10.8 Å². The molecule has 0 spiro atoms. The predicted octanol–water partition coefficient (Wildman–Crippen LogP) is 3.28. The Labute approximate surface area is 135 Å². The number of thiazole rings is 1. The van der Waals surface area contributed by atoms with Crippen LogP contribution >= 0.6 is 33.9 Å². The largest absolute Gasteiger partial charge is 0.435 e. The number of benzene rings is 1. The normalized spacial score (nSPS) is 11.4. The van der Waals surface area contributed by atoms with Crippen LogP contribution in [-0.4, -0.2) is 10.9 Å². The lowest BCUT2D eigenvalue weighted by atomic mass is 10.2. The molecule has 9 heteroatoms. The zero-order valence-electron chi connectivity index (χ0n) is 10.4. The smallest absolute Gasteiger partial charge is 0.375 e. The number of halogens is 4. The first-order chi connectivity index (χ1) is 9.79. The number of hydrogen-bond donors (Lipinski definition) is 2. The quantitative estimate of drug-likeness (QED) is 0.740. The van der Waals surface area contributed by atoms with Gasteiger partial charge in [0.05, 0.1) is 0 Å². The molecule has 21 heavy (non-hydrogen) atoms. The van der Waals surface area contributed by atoms with E-state index in [4.69, 9.17) is 5.73 Å². The van der Waals surface area contributed by atoms with Crippen molar-refractivity contribution in [2.75, 3.05) is 5.73 Å². The average molecular weight is 427 g/mol. The van der Waals surface area contributed by atoms with E-state index in [1.165, 1.54) is 0 Å². The van der Waals surface area contributed by atoms with Crippen LogP contribution in [0.3, 0.4) is 0 Å². The minimum atomic E-state index is -4.71. The Balaban J connectivity index is 2.17. The zero-order valence-corrected chi connectivity index (χ0v) is 13.3. The van der Waals surface area contributed by atoms with Crippen molar-refractivity contribution in [3.05, 3.63) is 44.0 Å². The lowest BCUT2D eigenvalue weighted by Crippen LogP contribution is -2.25. The van der Waals surface area contributed by atoms with Crippen LogP contribution in [0.25, 0.3) is 0 Å². The molecule has 2 rings (SSSR count). The highest BCUT2D eigenvalue weighted by Gasteiger charge is 2.39. The summed E-state index contributed by atoms with van der Waals surface area (Å²) in [5.74, 6) is -0.837. The molecule has 0 aliphatic rings. The van der Waals surface area contributed by atoms with Crippen molar-refractivity contribution in [3.63, 3.8) is 0 Å². The highest BCUT2D eigenvalue weighted by atomic mass is 127. The Kier molecular flexibility index (Phi) is 4.71. The number of carbonyl (C=O) groups is 1. The standard InChI is InChI=1S/C12H9F3IN3OS/c13-12(14,15)9-8(21-11(17)19-9)10(20)18-5-6-3-1-2-4-7(6)16/h1-4H,5H2,(H2,17,19)(H,18,20). The third-order valence-corrected chi connectivity index (χ3v) is 4.45. The number of alkyl halides is 3. The first-order valence-corrected chi connectivity index (χ1v) is 7.53. The SMILES string of the molecule is Nc1nc(C(F)(F)F)c(C(=O)NCc2ccccc2I)s1. The summed E-state index contributed by atoms with van der Waals surface area (Å²) in [7, 11) is 0. The maximum absolute atomic E-state index is 12.8. The van der Waals surface area contributed by atoms with Crippen molar-refractivity contribution >= 4 is 45.0 Å². The molecule has 0 aliphatic carbocycles. The van der Waals surface area contributed by atoms with Crippen molar-refractivity contribution in [1.29, 1.82) is 0 Å². The molecule has 2 aromatic rings. The Morgan fingerprint density at radius 1 is 1.38 bits per heavy atom. The number of rotatable bonds is 3. The molecule has 112 valence electrons. The number of nitrogens with one attached hydrogen (secondary N) is 1. The summed E-state index contributed by atoms with van der Waals surface area (Å²) in [6.07, 6.45) is -4.71. The fourth-order valence-electron chi connectivity index (χ4n) is 1.58. The summed E-state index contributed by atoms with van der Waals surface area (Å²) in [4.78, 5) is 14.6. The van der Waals surface area contributed by atoms with E-state index in [0.29, 0.717) is 11.3 Å². The Morgan fingerprint density at radius 3 is 2.67 bits per heavy atom. The van der Waals surface area contributed by atoms with Crippen molar-refractivity contribution in [2.45, 2.75) is 12.7 Å². The molecule has 0 saturated heterocycles. The van der Waals surface area contributed by atoms with E-state index >= 15 is 0 Å². The molecule has 0 aliphatic heterocycles. The number of anilines is 1. The van der Waals surface area contributed by atoms with Crippen LogP contribution in [0.5, 0.6) is 0 Å². The minimum Gasteiger partial charge on any atom is -0.375 e. The van der Waals surface area contributed by atoms with Gasteiger partial charge in [-0.2, -0.15) is 13.2 Å². The van der Waals surface area contributed by atoms with Crippen LogP contribution < -0.4 is 11.1 Å². The molecule has 0 radical (unpaired) electrons. The summed E-state index contributed by atoms with van der Waals surface area (Å²) < 4.78 is 39.2. The second kappa shape index (κ2) is 6.18. The lowest BCUT2D eigenvalue weighted by molar-refractivity contribution is -0.141. The molecule has 0 atom stereocenters. The fraction of sp³-hybridized carbons (Fsp3) is 0.167. The maximum atomic E-state index is 12.8. The van der Waals surface area contributed by atoms with E-state index in [1.54, 1.807) is 12.1 Å². The van der Waals surface area contributed by atoms with Gasteiger partial charge in [-0.1, -0.05) is 29.5 Å². The van der Waals surface area contributed by atoms with E-state index in [9.17, 15) is 18.0 Å². The number of carbonyl (C=O) groups excluding carboxylic acids is 1. The summed E-state index contributed by atoms with van der Waals surface area (Å²) in [5, 5.41) is 2.16. The molecule has 0 bridgehead atoms. The first-order valence-electron chi connectivity index (χ1n) is 5.64. The third-order valence-electron chi connectivity index (χ3n) is 2.52. The van der Waals surface area contributed by atoms with Gasteiger partial charge in [-0.05, 0) is 34.2 Å². The minimum absolute atomic E-state index is 0.132. The first kappa shape index (κ1) is 16.0. The van der Waals surface area contributed by atoms with Crippen molar-refractivity contribution in [1.82, 2.24) is 10.3 Å². The van der Waals surface area contributed by atoms with Gasteiger partial charge in [0.1, 0.15) is 4.88 Å². The highest BCUT2D eigenvalue weighted by Crippen LogP contribution is 2.35. The van der Waals surface area contributed by atoms with Gasteiger partial charge in [-0.3, -0.25) is 4.79 Å². The molecule has 1 heterocycles. The molecule has 4 nitrogen and oxygen atoms in total. The third kappa shape index (κ3) is 3.84. The number of nitrogen functional groups attached to an aromatic ring is 1. The molecule has 0 unspecified atom stereocenters. The lowest BCUT2D eigenvalue weighted by Gasteiger charge is -2.08. The van der Waals surface area contributed by atoms with Crippen LogP contribution in [0.15, 0.2) is 24.3 Å². The number of amides is 1. The maximum Gasteiger partial charge on any atom is 0.435 e. The Bertz CT molecular complexity index is 672.